The smallest absolute Gasteiger partial charge is 0.334 e. The number of hydrogen-bond acceptors (Lipinski definition) is 4. The molecule has 0 unspecified atom stereocenters. The number of rotatable bonds is 6. The number of ether oxygens (including phenoxy) is 1. The van der Waals surface area contributed by atoms with E-state index in [1.807, 2.05) is 30.3 Å². The summed E-state index contributed by atoms with van der Waals surface area (Å²) in [6.07, 6.45) is 0. The first kappa shape index (κ1) is 19.2. The Hall–Kier alpha value is -3.54. The maximum atomic E-state index is 11.8. The molecule has 0 radical (unpaired) electrons. The molecule has 1 aliphatic heterocycles. The van der Waals surface area contributed by atoms with Crippen LogP contribution in [0.15, 0.2) is 77.1 Å². The van der Waals surface area contributed by atoms with Crippen LogP contribution in [0.3, 0.4) is 0 Å². The summed E-state index contributed by atoms with van der Waals surface area (Å²) >= 11 is 0. The van der Waals surface area contributed by atoms with E-state index in [1.54, 1.807) is 38.1 Å². The van der Waals surface area contributed by atoms with Gasteiger partial charge in [-0.25, -0.2) is 9.59 Å². The third-order valence-electron chi connectivity index (χ3n) is 4.68. The molecule has 0 saturated carbocycles. The van der Waals surface area contributed by atoms with Crippen molar-refractivity contribution in [3.8, 4) is 5.75 Å². The highest BCUT2D eigenvalue weighted by molar-refractivity contribution is 5.98. The fraction of sp³-hybridized carbons (Fsp3) is 0.182. The van der Waals surface area contributed by atoms with E-state index in [0.29, 0.717) is 29.3 Å². The van der Waals surface area contributed by atoms with Crippen LogP contribution in [-0.4, -0.2) is 22.2 Å². The van der Waals surface area contributed by atoms with E-state index in [4.69, 9.17) is 4.74 Å². The normalized spacial score (nSPS) is 14.6. The molecule has 0 aliphatic carbocycles. The van der Waals surface area contributed by atoms with Gasteiger partial charge in [-0.15, -0.1) is 0 Å². The summed E-state index contributed by atoms with van der Waals surface area (Å²) in [6.45, 7) is 3.68. The molecular formula is C22H21NO5. The van der Waals surface area contributed by atoms with E-state index >= 15 is 0 Å². The molecule has 0 fully saturated rings. The molecule has 28 heavy (non-hydrogen) atoms. The molecule has 1 heterocycles. The highest BCUT2D eigenvalue weighted by Crippen LogP contribution is 2.38. The number of carbonyl (C=O) groups is 2. The molecule has 0 saturated heterocycles. The third kappa shape index (κ3) is 3.91. The second-order valence-corrected chi connectivity index (χ2v) is 6.59. The van der Waals surface area contributed by atoms with Gasteiger partial charge in [0.05, 0.1) is 17.1 Å². The summed E-state index contributed by atoms with van der Waals surface area (Å²) in [6, 6.07) is 16.6. The summed E-state index contributed by atoms with van der Waals surface area (Å²) in [5.74, 6) is -2.53. The molecule has 2 aromatic carbocycles. The third-order valence-corrected chi connectivity index (χ3v) is 4.68. The Balaban J connectivity index is 1.90. The number of aliphatic carboxylic acids is 2. The minimum Gasteiger partial charge on any atom is -0.489 e. The van der Waals surface area contributed by atoms with Crippen molar-refractivity contribution in [1.82, 2.24) is 5.32 Å². The summed E-state index contributed by atoms with van der Waals surface area (Å²) < 4.78 is 5.76. The van der Waals surface area contributed by atoms with Gasteiger partial charge in [-0.2, -0.15) is 0 Å². The number of nitrogens with one attached hydrogen (secondary N) is 1. The zero-order valence-electron chi connectivity index (χ0n) is 15.6. The van der Waals surface area contributed by atoms with Gasteiger partial charge in [-0.3, -0.25) is 0 Å². The van der Waals surface area contributed by atoms with E-state index in [0.717, 1.165) is 5.56 Å². The predicted molar refractivity (Wildman–Crippen MR) is 104 cm³/mol. The maximum Gasteiger partial charge on any atom is 0.334 e. The summed E-state index contributed by atoms with van der Waals surface area (Å²) in [4.78, 5) is 23.6. The Labute approximate surface area is 162 Å². The standard InChI is InChI=1S/C22H21NO5/c1-13-18(21(24)25)20(19(22(26)27)14(2)23-13)16-8-10-17(11-9-16)28-12-15-6-4-3-5-7-15/h3-11,20,23H,12H2,1-2H3,(H,24,25)(H,26,27). The number of dihydropyridines is 1. The second kappa shape index (κ2) is 8.00. The zero-order valence-corrected chi connectivity index (χ0v) is 15.6. The highest BCUT2D eigenvalue weighted by atomic mass is 16.5. The van der Waals surface area contributed by atoms with Crippen molar-refractivity contribution < 1.29 is 24.5 Å². The van der Waals surface area contributed by atoms with Gasteiger partial charge < -0.3 is 20.3 Å². The number of carboxylic acid groups (broad SMARTS) is 2. The topological polar surface area (TPSA) is 95.9 Å². The molecule has 6 nitrogen and oxygen atoms in total. The molecule has 1 aliphatic rings. The molecule has 3 N–H and O–H groups in total. The lowest BCUT2D eigenvalue weighted by atomic mass is 9.80. The molecule has 0 amide bonds. The summed E-state index contributed by atoms with van der Waals surface area (Å²) in [5.41, 5.74) is 2.54. The zero-order chi connectivity index (χ0) is 20.3. The lowest BCUT2D eigenvalue weighted by Crippen LogP contribution is -2.30. The van der Waals surface area contributed by atoms with Crippen LogP contribution in [0.4, 0.5) is 0 Å². The Morgan fingerprint density at radius 3 is 1.93 bits per heavy atom. The maximum absolute atomic E-state index is 11.8. The van der Waals surface area contributed by atoms with E-state index < -0.39 is 17.9 Å². The summed E-state index contributed by atoms with van der Waals surface area (Å²) in [5, 5.41) is 22.2. The molecule has 3 rings (SSSR count). The van der Waals surface area contributed by atoms with Crippen LogP contribution in [0.5, 0.6) is 5.75 Å². The second-order valence-electron chi connectivity index (χ2n) is 6.59. The number of benzene rings is 2. The first-order chi connectivity index (χ1) is 13.4. The Kier molecular flexibility index (Phi) is 5.49. The van der Waals surface area contributed by atoms with Crippen LogP contribution < -0.4 is 10.1 Å². The largest absolute Gasteiger partial charge is 0.489 e. The fourth-order valence-corrected chi connectivity index (χ4v) is 3.39. The Bertz CT molecular complexity index is 922. The van der Waals surface area contributed by atoms with E-state index in [9.17, 15) is 19.8 Å². The molecule has 6 heteroatoms. The van der Waals surface area contributed by atoms with Gasteiger partial charge in [0, 0.05) is 11.4 Å². The number of carboxylic acids is 2. The van der Waals surface area contributed by atoms with Crippen LogP contribution >= 0.6 is 0 Å². The average Bonchev–Trinajstić information content (AvgIpc) is 2.66. The van der Waals surface area contributed by atoms with Crippen molar-refractivity contribution in [3.63, 3.8) is 0 Å². The minimum absolute atomic E-state index is 0.0287. The van der Waals surface area contributed by atoms with Crippen molar-refractivity contribution >= 4 is 11.9 Å². The van der Waals surface area contributed by atoms with Crippen LogP contribution in [-0.2, 0) is 16.2 Å². The SMILES string of the molecule is CC1=C(C(=O)O)C(c2ccc(OCc3ccccc3)cc2)C(C(=O)O)=C(C)N1. The molecular weight excluding hydrogens is 358 g/mol. The van der Waals surface area contributed by atoms with Gasteiger partial charge in [-0.1, -0.05) is 42.5 Å². The van der Waals surface area contributed by atoms with Gasteiger partial charge in [-0.05, 0) is 37.1 Å². The molecule has 0 spiro atoms. The van der Waals surface area contributed by atoms with Crippen molar-refractivity contribution in [2.75, 3.05) is 0 Å². The lowest BCUT2D eigenvalue weighted by Gasteiger charge is -2.28. The van der Waals surface area contributed by atoms with Gasteiger partial charge >= 0.3 is 11.9 Å². The minimum atomic E-state index is -1.15. The van der Waals surface area contributed by atoms with Gasteiger partial charge in [0.15, 0.2) is 0 Å². The summed E-state index contributed by atoms with van der Waals surface area (Å²) in [7, 11) is 0. The van der Waals surface area contributed by atoms with Crippen molar-refractivity contribution in [2.24, 2.45) is 0 Å². The Morgan fingerprint density at radius 2 is 1.43 bits per heavy atom. The van der Waals surface area contributed by atoms with Crippen LogP contribution in [0.25, 0.3) is 0 Å². The predicted octanol–water partition coefficient (Wildman–Crippen LogP) is 3.67. The average molecular weight is 379 g/mol. The quantitative estimate of drug-likeness (QED) is 0.709. The van der Waals surface area contributed by atoms with Crippen LogP contribution in [0.1, 0.15) is 30.9 Å². The molecule has 144 valence electrons. The number of allylic oxidation sites excluding steroid dienone is 2. The molecule has 0 bridgehead atoms. The highest BCUT2D eigenvalue weighted by Gasteiger charge is 2.36. The van der Waals surface area contributed by atoms with Crippen molar-refractivity contribution in [3.05, 3.63) is 88.3 Å². The van der Waals surface area contributed by atoms with E-state index in [2.05, 4.69) is 5.32 Å². The van der Waals surface area contributed by atoms with Gasteiger partial charge in [0.25, 0.3) is 0 Å². The van der Waals surface area contributed by atoms with Crippen molar-refractivity contribution in [2.45, 2.75) is 26.4 Å². The number of hydrogen-bond donors (Lipinski definition) is 3. The Morgan fingerprint density at radius 1 is 0.893 bits per heavy atom. The monoisotopic (exact) mass is 379 g/mol. The van der Waals surface area contributed by atoms with Gasteiger partial charge in [0.1, 0.15) is 12.4 Å². The molecule has 2 aromatic rings. The first-order valence-corrected chi connectivity index (χ1v) is 8.80. The lowest BCUT2D eigenvalue weighted by molar-refractivity contribution is -0.133. The molecule has 0 aromatic heterocycles. The van der Waals surface area contributed by atoms with Crippen LogP contribution in [0.2, 0.25) is 0 Å². The van der Waals surface area contributed by atoms with E-state index in [-0.39, 0.29) is 11.1 Å². The van der Waals surface area contributed by atoms with Crippen LogP contribution in [0, 0.1) is 0 Å². The van der Waals surface area contributed by atoms with Gasteiger partial charge in [0.2, 0.25) is 0 Å². The fourth-order valence-electron chi connectivity index (χ4n) is 3.39. The molecule has 0 atom stereocenters. The van der Waals surface area contributed by atoms with Crippen molar-refractivity contribution in [1.29, 1.82) is 0 Å². The first-order valence-electron chi connectivity index (χ1n) is 8.80. The van der Waals surface area contributed by atoms with E-state index in [1.165, 1.54) is 0 Å².